The molecule has 15 heavy (non-hydrogen) atoms. The summed E-state index contributed by atoms with van der Waals surface area (Å²) in [6.07, 6.45) is 1.81. The number of rotatable bonds is 3. The normalized spacial score (nSPS) is 10.7. The molecular formula is C10H14N2O3. The summed E-state index contributed by atoms with van der Waals surface area (Å²) in [5.41, 5.74) is 0.0436. The molecule has 0 fully saturated rings. The van der Waals surface area contributed by atoms with Crippen LogP contribution >= 0.6 is 0 Å². The van der Waals surface area contributed by atoms with E-state index in [4.69, 9.17) is 5.11 Å². The summed E-state index contributed by atoms with van der Waals surface area (Å²) in [5.74, 6) is -0.781. The van der Waals surface area contributed by atoms with Crippen molar-refractivity contribution in [3.63, 3.8) is 0 Å². The van der Waals surface area contributed by atoms with Gasteiger partial charge in [-0.15, -0.1) is 0 Å². The molecule has 0 aromatic carbocycles. The van der Waals surface area contributed by atoms with Crippen molar-refractivity contribution in [2.24, 2.45) is 13.0 Å². The van der Waals surface area contributed by atoms with E-state index >= 15 is 0 Å². The van der Waals surface area contributed by atoms with Gasteiger partial charge in [0.1, 0.15) is 0 Å². The van der Waals surface area contributed by atoms with Crippen LogP contribution in [0.2, 0.25) is 0 Å². The Morgan fingerprint density at radius 3 is 2.67 bits per heavy atom. The molecule has 0 amide bonds. The van der Waals surface area contributed by atoms with Crippen molar-refractivity contribution in [3.05, 3.63) is 27.9 Å². The third-order valence-corrected chi connectivity index (χ3v) is 2.00. The number of carboxylic acids is 1. The molecule has 5 heteroatoms. The maximum absolute atomic E-state index is 11.3. The summed E-state index contributed by atoms with van der Waals surface area (Å²) in [6, 6.07) is 0. The van der Waals surface area contributed by atoms with Crippen LogP contribution in [0.3, 0.4) is 0 Å². The number of nitrogens with zero attached hydrogens (tertiary/aromatic N) is 2. The van der Waals surface area contributed by atoms with Crippen LogP contribution in [0.5, 0.6) is 0 Å². The first-order chi connectivity index (χ1) is 6.91. The Hall–Kier alpha value is -1.65. The summed E-state index contributed by atoms with van der Waals surface area (Å²) in [7, 11) is 1.49. The molecule has 0 spiro atoms. The number of carboxylic acid groups (broad SMARTS) is 1. The minimum atomic E-state index is -1.05. The van der Waals surface area contributed by atoms with Gasteiger partial charge in [-0.1, -0.05) is 13.8 Å². The second-order valence-corrected chi connectivity index (χ2v) is 3.90. The molecule has 1 N–H and O–H groups in total. The Morgan fingerprint density at radius 2 is 2.20 bits per heavy atom. The predicted molar refractivity (Wildman–Crippen MR) is 55.0 cm³/mol. The van der Waals surface area contributed by atoms with Crippen LogP contribution in [0.4, 0.5) is 0 Å². The van der Waals surface area contributed by atoms with E-state index in [1.54, 1.807) is 0 Å². The maximum atomic E-state index is 11.3. The lowest BCUT2D eigenvalue weighted by atomic mass is 10.0. The Morgan fingerprint density at radius 1 is 1.60 bits per heavy atom. The van der Waals surface area contributed by atoms with Crippen LogP contribution in [0.15, 0.2) is 11.0 Å². The van der Waals surface area contributed by atoms with Gasteiger partial charge in [-0.3, -0.25) is 0 Å². The van der Waals surface area contributed by atoms with Crippen molar-refractivity contribution in [1.29, 1.82) is 0 Å². The molecule has 0 aliphatic carbocycles. The lowest BCUT2D eigenvalue weighted by Gasteiger charge is -2.08. The third kappa shape index (κ3) is 2.65. The average Bonchev–Trinajstić information content (AvgIpc) is 2.09. The SMILES string of the molecule is CC(C)Cc1nc(=O)n(C)cc1C(=O)O. The quantitative estimate of drug-likeness (QED) is 0.796. The van der Waals surface area contributed by atoms with Gasteiger partial charge >= 0.3 is 11.7 Å². The fourth-order valence-corrected chi connectivity index (χ4v) is 1.30. The van der Waals surface area contributed by atoms with E-state index in [1.165, 1.54) is 17.8 Å². The van der Waals surface area contributed by atoms with Crippen molar-refractivity contribution in [2.75, 3.05) is 0 Å². The molecule has 0 aliphatic rings. The van der Waals surface area contributed by atoms with Crippen molar-refractivity contribution in [1.82, 2.24) is 9.55 Å². The van der Waals surface area contributed by atoms with Crippen LogP contribution in [-0.4, -0.2) is 20.6 Å². The topological polar surface area (TPSA) is 72.2 Å². The summed E-state index contributed by atoms with van der Waals surface area (Å²) in [4.78, 5) is 25.9. The molecule has 0 unspecified atom stereocenters. The molecular weight excluding hydrogens is 196 g/mol. The highest BCUT2D eigenvalue weighted by molar-refractivity contribution is 5.88. The highest BCUT2D eigenvalue weighted by Gasteiger charge is 2.14. The largest absolute Gasteiger partial charge is 0.478 e. The van der Waals surface area contributed by atoms with Crippen molar-refractivity contribution in [2.45, 2.75) is 20.3 Å². The van der Waals surface area contributed by atoms with Crippen molar-refractivity contribution >= 4 is 5.97 Å². The van der Waals surface area contributed by atoms with Gasteiger partial charge in [-0.25, -0.2) is 9.59 Å². The van der Waals surface area contributed by atoms with E-state index in [1.807, 2.05) is 13.8 Å². The van der Waals surface area contributed by atoms with Crippen LogP contribution in [0, 0.1) is 5.92 Å². The van der Waals surface area contributed by atoms with Gasteiger partial charge in [0, 0.05) is 13.2 Å². The first-order valence-electron chi connectivity index (χ1n) is 4.71. The second-order valence-electron chi connectivity index (χ2n) is 3.90. The van der Waals surface area contributed by atoms with E-state index in [0.717, 1.165) is 0 Å². The predicted octanol–water partition coefficient (Wildman–Crippen LogP) is 0.677. The lowest BCUT2D eigenvalue weighted by Crippen LogP contribution is -2.24. The minimum Gasteiger partial charge on any atom is -0.478 e. The molecule has 82 valence electrons. The molecule has 1 aromatic rings. The summed E-state index contributed by atoms with van der Waals surface area (Å²) >= 11 is 0. The van der Waals surface area contributed by atoms with E-state index in [9.17, 15) is 9.59 Å². The van der Waals surface area contributed by atoms with Gasteiger partial charge in [0.05, 0.1) is 11.3 Å². The molecule has 0 radical (unpaired) electrons. The zero-order valence-corrected chi connectivity index (χ0v) is 9.02. The molecule has 1 heterocycles. The number of hydrogen-bond acceptors (Lipinski definition) is 3. The fraction of sp³-hybridized carbons (Fsp3) is 0.500. The molecule has 0 aliphatic heterocycles. The van der Waals surface area contributed by atoms with Crippen LogP contribution in [0.1, 0.15) is 29.9 Å². The smallest absolute Gasteiger partial charge is 0.347 e. The maximum Gasteiger partial charge on any atom is 0.347 e. The Kier molecular flexibility index (Phi) is 3.24. The second kappa shape index (κ2) is 4.25. The fourth-order valence-electron chi connectivity index (χ4n) is 1.30. The molecule has 0 saturated heterocycles. The highest BCUT2D eigenvalue weighted by atomic mass is 16.4. The standard InChI is InChI=1S/C10H14N2O3/c1-6(2)4-8-7(9(13)14)5-12(3)10(15)11-8/h5-6H,4H2,1-3H3,(H,13,14). The molecule has 0 bridgehead atoms. The van der Waals surface area contributed by atoms with Crippen molar-refractivity contribution < 1.29 is 9.90 Å². The number of aromatic nitrogens is 2. The third-order valence-electron chi connectivity index (χ3n) is 2.00. The number of aryl methyl sites for hydroxylation is 1. The monoisotopic (exact) mass is 210 g/mol. The number of carbonyl (C=O) groups is 1. The summed E-state index contributed by atoms with van der Waals surface area (Å²) in [5, 5.41) is 8.94. The van der Waals surface area contributed by atoms with E-state index in [2.05, 4.69) is 4.98 Å². The first kappa shape index (κ1) is 11.4. The zero-order valence-electron chi connectivity index (χ0n) is 9.02. The van der Waals surface area contributed by atoms with Gasteiger partial charge in [0.2, 0.25) is 0 Å². The molecule has 1 aromatic heterocycles. The number of aromatic carboxylic acids is 1. The number of hydrogen-bond donors (Lipinski definition) is 1. The van der Waals surface area contributed by atoms with Crippen molar-refractivity contribution in [3.8, 4) is 0 Å². The summed E-state index contributed by atoms with van der Waals surface area (Å²) in [6.45, 7) is 3.90. The van der Waals surface area contributed by atoms with Crippen LogP contribution < -0.4 is 5.69 Å². The highest BCUT2D eigenvalue weighted by Crippen LogP contribution is 2.09. The van der Waals surface area contributed by atoms with Gasteiger partial charge in [0.25, 0.3) is 0 Å². The van der Waals surface area contributed by atoms with Gasteiger partial charge in [-0.05, 0) is 12.3 Å². The first-order valence-corrected chi connectivity index (χ1v) is 4.71. The Labute approximate surface area is 87.4 Å². The van der Waals surface area contributed by atoms with Gasteiger partial charge in [0.15, 0.2) is 0 Å². The van der Waals surface area contributed by atoms with Crippen LogP contribution in [-0.2, 0) is 13.5 Å². The lowest BCUT2D eigenvalue weighted by molar-refractivity contribution is 0.0693. The molecule has 5 nitrogen and oxygen atoms in total. The molecule has 0 atom stereocenters. The average molecular weight is 210 g/mol. The van der Waals surface area contributed by atoms with Gasteiger partial charge in [-0.2, -0.15) is 4.98 Å². The molecule has 1 rings (SSSR count). The molecule has 0 saturated carbocycles. The summed E-state index contributed by atoms with van der Waals surface area (Å²) < 4.78 is 1.17. The Bertz CT molecular complexity index is 435. The van der Waals surface area contributed by atoms with E-state index in [-0.39, 0.29) is 11.5 Å². The minimum absolute atomic E-state index is 0.103. The van der Waals surface area contributed by atoms with Gasteiger partial charge < -0.3 is 9.67 Å². The van der Waals surface area contributed by atoms with Crippen LogP contribution in [0.25, 0.3) is 0 Å². The zero-order chi connectivity index (χ0) is 11.6. The Balaban J connectivity index is 3.28. The van der Waals surface area contributed by atoms with E-state index < -0.39 is 11.7 Å². The van der Waals surface area contributed by atoms with E-state index in [0.29, 0.717) is 12.1 Å².